The highest BCUT2D eigenvalue weighted by molar-refractivity contribution is 5.16. The fraction of sp³-hybridized carbons (Fsp3) is 0.500. The van der Waals surface area contributed by atoms with Crippen LogP contribution in [0, 0.1) is 0 Å². The Morgan fingerprint density at radius 1 is 1.54 bits per heavy atom. The van der Waals surface area contributed by atoms with Crippen LogP contribution in [-0.4, -0.2) is 24.2 Å². The maximum absolute atomic E-state index is 5.68. The lowest BCUT2D eigenvalue weighted by atomic mass is 9.89. The molecule has 0 spiro atoms. The van der Waals surface area contributed by atoms with Crippen LogP contribution < -0.4 is 10.1 Å². The standard InChI is InChI=1S/C10H14N2O/c1-11-8-5-10(6-8)13-9-3-2-4-12-7-9/h2-4,7-8,10-11H,5-6H2,1H3. The minimum atomic E-state index is 0.377. The minimum absolute atomic E-state index is 0.377. The van der Waals surface area contributed by atoms with E-state index in [1.54, 1.807) is 12.4 Å². The minimum Gasteiger partial charge on any atom is -0.489 e. The lowest BCUT2D eigenvalue weighted by Gasteiger charge is -2.34. The number of ether oxygens (including phenoxy) is 1. The van der Waals surface area contributed by atoms with Crippen LogP contribution in [0.5, 0.6) is 5.75 Å². The molecule has 0 atom stereocenters. The Labute approximate surface area is 78.1 Å². The molecule has 0 unspecified atom stereocenters. The zero-order valence-electron chi connectivity index (χ0n) is 7.73. The normalized spacial score (nSPS) is 26.5. The highest BCUT2D eigenvalue weighted by Gasteiger charge is 2.29. The number of aromatic nitrogens is 1. The second kappa shape index (κ2) is 3.75. The number of nitrogens with zero attached hydrogens (tertiary/aromatic N) is 1. The fourth-order valence-corrected chi connectivity index (χ4v) is 1.51. The van der Waals surface area contributed by atoms with Gasteiger partial charge in [0.25, 0.3) is 0 Å². The molecule has 1 fully saturated rings. The molecule has 1 aromatic heterocycles. The van der Waals surface area contributed by atoms with Gasteiger partial charge < -0.3 is 10.1 Å². The molecule has 1 aromatic rings. The van der Waals surface area contributed by atoms with Gasteiger partial charge in [0, 0.05) is 12.2 Å². The Morgan fingerprint density at radius 2 is 2.38 bits per heavy atom. The molecule has 1 N–H and O–H groups in total. The van der Waals surface area contributed by atoms with Crippen molar-refractivity contribution in [2.45, 2.75) is 25.0 Å². The third-order valence-corrected chi connectivity index (χ3v) is 2.44. The van der Waals surface area contributed by atoms with Crippen LogP contribution in [0.2, 0.25) is 0 Å². The van der Waals surface area contributed by atoms with Gasteiger partial charge in [0.15, 0.2) is 0 Å². The van der Waals surface area contributed by atoms with Crippen molar-refractivity contribution in [1.82, 2.24) is 10.3 Å². The summed E-state index contributed by atoms with van der Waals surface area (Å²) in [4.78, 5) is 3.99. The van der Waals surface area contributed by atoms with Gasteiger partial charge in [-0.25, -0.2) is 0 Å². The van der Waals surface area contributed by atoms with Gasteiger partial charge in [-0.1, -0.05) is 0 Å². The lowest BCUT2D eigenvalue weighted by Crippen LogP contribution is -2.45. The van der Waals surface area contributed by atoms with Gasteiger partial charge in [-0.2, -0.15) is 0 Å². The Hall–Kier alpha value is -1.09. The van der Waals surface area contributed by atoms with Crippen molar-refractivity contribution in [3.05, 3.63) is 24.5 Å². The van der Waals surface area contributed by atoms with Crippen molar-refractivity contribution in [2.75, 3.05) is 7.05 Å². The van der Waals surface area contributed by atoms with Gasteiger partial charge in [0.1, 0.15) is 11.9 Å². The van der Waals surface area contributed by atoms with Gasteiger partial charge in [0.05, 0.1) is 6.20 Å². The molecule has 0 aliphatic heterocycles. The third kappa shape index (κ3) is 1.98. The molecular formula is C10H14N2O. The fourth-order valence-electron chi connectivity index (χ4n) is 1.51. The van der Waals surface area contributed by atoms with E-state index in [2.05, 4.69) is 10.3 Å². The summed E-state index contributed by atoms with van der Waals surface area (Å²) in [5, 5.41) is 3.22. The van der Waals surface area contributed by atoms with Crippen LogP contribution in [0.4, 0.5) is 0 Å². The van der Waals surface area contributed by atoms with Gasteiger partial charge >= 0.3 is 0 Å². The summed E-state index contributed by atoms with van der Waals surface area (Å²) in [6.45, 7) is 0. The van der Waals surface area contributed by atoms with Crippen molar-refractivity contribution in [1.29, 1.82) is 0 Å². The Bertz CT molecular complexity index is 257. The Balaban J connectivity index is 1.81. The maximum atomic E-state index is 5.68. The van der Waals surface area contributed by atoms with E-state index < -0.39 is 0 Å². The van der Waals surface area contributed by atoms with E-state index in [0.717, 1.165) is 18.6 Å². The van der Waals surface area contributed by atoms with E-state index in [1.165, 1.54) is 0 Å². The molecule has 70 valence electrons. The van der Waals surface area contributed by atoms with E-state index in [4.69, 9.17) is 4.74 Å². The van der Waals surface area contributed by atoms with Crippen molar-refractivity contribution in [3.63, 3.8) is 0 Å². The van der Waals surface area contributed by atoms with E-state index in [9.17, 15) is 0 Å². The molecule has 1 aliphatic rings. The molecule has 0 aromatic carbocycles. The Morgan fingerprint density at radius 3 is 3.00 bits per heavy atom. The molecule has 3 nitrogen and oxygen atoms in total. The van der Waals surface area contributed by atoms with E-state index in [-0.39, 0.29) is 0 Å². The first kappa shape index (κ1) is 8.51. The molecule has 2 rings (SSSR count). The molecule has 1 heterocycles. The molecule has 0 saturated heterocycles. The second-order valence-electron chi connectivity index (χ2n) is 3.39. The molecule has 1 saturated carbocycles. The molecule has 1 aliphatic carbocycles. The van der Waals surface area contributed by atoms with Crippen LogP contribution in [0.3, 0.4) is 0 Å². The summed E-state index contributed by atoms with van der Waals surface area (Å²) in [6, 6.07) is 4.48. The van der Waals surface area contributed by atoms with Crippen LogP contribution in [0.25, 0.3) is 0 Å². The second-order valence-corrected chi connectivity index (χ2v) is 3.39. The van der Waals surface area contributed by atoms with Crippen LogP contribution in [-0.2, 0) is 0 Å². The van der Waals surface area contributed by atoms with Gasteiger partial charge in [-0.15, -0.1) is 0 Å². The molecule has 13 heavy (non-hydrogen) atoms. The quantitative estimate of drug-likeness (QED) is 0.755. The number of hydrogen-bond donors (Lipinski definition) is 1. The predicted molar refractivity (Wildman–Crippen MR) is 50.7 cm³/mol. The number of pyridine rings is 1. The van der Waals surface area contributed by atoms with Gasteiger partial charge in [-0.05, 0) is 32.0 Å². The molecule has 3 heteroatoms. The molecule has 0 amide bonds. The zero-order chi connectivity index (χ0) is 9.10. The highest BCUT2D eigenvalue weighted by atomic mass is 16.5. The van der Waals surface area contributed by atoms with Crippen molar-refractivity contribution in [2.24, 2.45) is 0 Å². The first-order chi connectivity index (χ1) is 6.38. The van der Waals surface area contributed by atoms with Crippen LogP contribution in [0.15, 0.2) is 24.5 Å². The first-order valence-corrected chi connectivity index (χ1v) is 4.62. The summed E-state index contributed by atoms with van der Waals surface area (Å²) in [7, 11) is 1.99. The smallest absolute Gasteiger partial charge is 0.137 e. The summed E-state index contributed by atoms with van der Waals surface area (Å²) in [5.74, 6) is 0.877. The van der Waals surface area contributed by atoms with Gasteiger partial charge in [0.2, 0.25) is 0 Å². The Kier molecular flexibility index (Phi) is 2.45. The zero-order valence-corrected chi connectivity index (χ0v) is 7.73. The number of rotatable bonds is 3. The van der Waals surface area contributed by atoms with Gasteiger partial charge in [-0.3, -0.25) is 4.98 Å². The van der Waals surface area contributed by atoms with Crippen molar-refractivity contribution >= 4 is 0 Å². The summed E-state index contributed by atoms with van der Waals surface area (Å²) < 4.78 is 5.68. The average Bonchev–Trinajstić information content (AvgIpc) is 2.12. The van der Waals surface area contributed by atoms with E-state index in [0.29, 0.717) is 12.1 Å². The lowest BCUT2D eigenvalue weighted by molar-refractivity contribution is 0.0881. The first-order valence-electron chi connectivity index (χ1n) is 4.62. The number of hydrogen-bond acceptors (Lipinski definition) is 3. The van der Waals surface area contributed by atoms with E-state index >= 15 is 0 Å². The van der Waals surface area contributed by atoms with Crippen molar-refractivity contribution < 1.29 is 4.74 Å². The molecule has 0 bridgehead atoms. The third-order valence-electron chi connectivity index (χ3n) is 2.44. The largest absolute Gasteiger partial charge is 0.489 e. The molecule has 0 radical (unpaired) electrons. The van der Waals surface area contributed by atoms with Crippen LogP contribution in [0.1, 0.15) is 12.8 Å². The van der Waals surface area contributed by atoms with E-state index in [1.807, 2.05) is 19.2 Å². The molecular weight excluding hydrogens is 164 g/mol. The summed E-state index contributed by atoms with van der Waals surface area (Å²) >= 11 is 0. The predicted octanol–water partition coefficient (Wildman–Crippen LogP) is 1.21. The topological polar surface area (TPSA) is 34.1 Å². The summed E-state index contributed by atoms with van der Waals surface area (Å²) in [6.07, 6.45) is 6.09. The maximum Gasteiger partial charge on any atom is 0.137 e. The van der Waals surface area contributed by atoms with Crippen molar-refractivity contribution in [3.8, 4) is 5.75 Å². The SMILES string of the molecule is CNC1CC(Oc2cccnc2)C1. The number of nitrogens with one attached hydrogen (secondary N) is 1. The summed E-state index contributed by atoms with van der Waals surface area (Å²) in [5.41, 5.74) is 0. The van der Waals surface area contributed by atoms with Crippen LogP contribution >= 0.6 is 0 Å². The monoisotopic (exact) mass is 178 g/mol. The average molecular weight is 178 g/mol. The highest BCUT2D eigenvalue weighted by Crippen LogP contribution is 2.24.